The summed E-state index contributed by atoms with van der Waals surface area (Å²) in [6.45, 7) is 1.71. The molecule has 6 rings (SSSR count). The van der Waals surface area contributed by atoms with Gasteiger partial charge in [-0.25, -0.2) is 8.78 Å². The summed E-state index contributed by atoms with van der Waals surface area (Å²) in [4.78, 5) is 30.3. The molecular formula is C24H25F2N9O2. The fourth-order valence-electron chi connectivity index (χ4n) is 4.78. The SMILES string of the molecule is Nc1nc(N[C@H](C(=O)N2CCN(c3ccc(F)cc3F)CC2)C2CCC2)nc2nc(-c3ccco3)nn12. The van der Waals surface area contributed by atoms with Crippen LogP contribution in [0.1, 0.15) is 19.3 Å². The highest BCUT2D eigenvalue weighted by atomic mass is 19.1. The quantitative estimate of drug-likeness (QED) is 0.403. The zero-order valence-electron chi connectivity index (χ0n) is 19.8. The lowest BCUT2D eigenvalue weighted by atomic mass is 9.79. The van der Waals surface area contributed by atoms with Crippen LogP contribution in [-0.4, -0.2) is 67.6 Å². The molecule has 1 saturated heterocycles. The third kappa shape index (κ3) is 4.41. The van der Waals surface area contributed by atoms with Crippen molar-refractivity contribution in [2.45, 2.75) is 25.3 Å². The molecule has 1 atom stereocenters. The fourth-order valence-corrected chi connectivity index (χ4v) is 4.78. The van der Waals surface area contributed by atoms with Crippen molar-refractivity contribution in [3.63, 3.8) is 0 Å². The number of aromatic nitrogens is 5. The van der Waals surface area contributed by atoms with Crippen molar-refractivity contribution in [2.75, 3.05) is 42.1 Å². The summed E-state index contributed by atoms with van der Waals surface area (Å²) in [6, 6.07) is 6.47. The lowest BCUT2D eigenvalue weighted by molar-refractivity contribution is -0.134. The molecule has 4 aromatic rings. The predicted octanol–water partition coefficient (Wildman–Crippen LogP) is 2.57. The number of halogens is 2. The highest BCUT2D eigenvalue weighted by molar-refractivity contribution is 5.85. The number of rotatable bonds is 6. The molecule has 1 amide bonds. The van der Waals surface area contributed by atoms with Crippen molar-refractivity contribution < 1.29 is 18.0 Å². The van der Waals surface area contributed by atoms with Crippen molar-refractivity contribution in [3.05, 3.63) is 48.2 Å². The van der Waals surface area contributed by atoms with Crippen LogP contribution in [-0.2, 0) is 4.79 Å². The second kappa shape index (κ2) is 9.30. The maximum atomic E-state index is 14.2. The van der Waals surface area contributed by atoms with Crippen LogP contribution in [0.3, 0.4) is 0 Å². The van der Waals surface area contributed by atoms with E-state index in [4.69, 9.17) is 10.2 Å². The number of nitrogens with zero attached hydrogens (tertiary/aromatic N) is 7. The second-order valence-corrected chi connectivity index (χ2v) is 9.25. The molecule has 1 aliphatic heterocycles. The molecule has 37 heavy (non-hydrogen) atoms. The largest absolute Gasteiger partial charge is 0.461 e. The van der Waals surface area contributed by atoms with Crippen molar-refractivity contribution in [1.82, 2.24) is 29.5 Å². The topological polar surface area (TPSA) is 131 Å². The summed E-state index contributed by atoms with van der Waals surface area (Å²) < 4.78 is 34.2. The van der Waals surface area contributed by atoms with Gasteiger partial charge in [0.1, 0.15) is 17.7 Å². The van der Waals surface area contributed by atoms with Gasteiger partial charge in [-0.15, -0.1) is 5.10 Å². The average molecular weight is 510 g/mol. The van der Waals surface area contributed by atoms with E-state index >= 15 is 0 Å². The van der Waals surface area contributed by atoms with E-state index in [1.165, 1.54) is 22.9 Å². The maximum Gasteiger partial charge on any atom is 0.259 e. The first-order valence-corrected chi connectivity index (χ1v) is 12.2. The van der Waals surface area contributed by atoms with E-state index < -0.39 is 17.7 Å². The molecule has 0 radical (unpaired) electrons. The van der Waals surface area contributed by atoms with E-state index in [0.29, 0.717) is 43.5 Å². The Kier molecular flexibility index (Phi) is 5.81. The van der Waals surface area contributed by atoms with Crippen molar-refractivity contribution in [2.24, 2.45) is 5.92 Å². The summed E-state index contributed by atoms with van der Waals surface area (Å²) in [5.41, 5.74) is 6.45. The maximum absolute atomic E-state index is 14.2. The van der Waals surface area contributed by atoms with Gasteiger partial charge in [0.05, 0.1) is 12.0 Å². The molecule has 192 valence electrons. The van der Waals surface area contributed by atoms with Gasteiger partial charge < -0.3 is 25.3 Å². The number of fused-ring (bicyclic) bond motifs is 1. The normalized spacial score (nSPS) is 17.1. The summed E-state index contributed by atoms with van der Waals surface area (Å²) in [5.74, 6) is 0.147. The first kappa shape index (κ1) is 23.1. The number of anilines is 3. The van der Waals surface area contributed by atoms with E-state index in [0.717, 1.165) is 25.3 Å². The number of nitrogens with two attached hydrogens (primary N) is 1. The lowest BCUT2D eigenvalue weighted by Crippen LogP contribution is -2.55. The van der Waals surface area contributed by atoms with Crippen LogP contribution in [0.25, 0.3) is 17.4 Å². The molecule has 2 fully saturated rings. The number of nitrogens with one attached hydrogen (secondary N) is 1. The number of hydrogen-bond donors (Lipinski definition) is 2. The zero-order chi connectivity index (χ0) is 25.5. The number of hydrogen-bond acceptors (Lipinski definition) is 9. The third-order valence-corrected chi connectivity index (χ3v) is 6.99. The third-order valence-electron chi connectivity index (χ3n) is 6.99. The molecule has 1 aliphatic carbocycles. The van der Waals surface area contributed by atoms with Gasteiger partial charge >= 0.3 is 0 Å². The minimum absolute atomic E-state index is 0.0660. The number of furan rings is 1. The van der Waals surface area contributed by atoms with Gasteiger partial charge in [0.15, 0.2) is 5.76 Å². The standard InChI is InChI=1S/C24H25F2N9O2/c25-15-6-7-17(16(26)13-15)33-8-10-34(11-9-33)21(36)19(14-3-1-4-14)28-23-30-22(27)35-24(31-23)29-20(32-35)18-5-2-12-37-18/h2,5-7,12-14,19H,1,3-4,8-11H2,(H3,27,28,29,30,31,32)/t19-/m0/s1. The fraction of sp³-hybridized carbons (Fsp3) is 0.375. The van der Waals surface area contributed by atoms with Gasteiger partial charge in [-0.05, 0) is 43.0 Å². The summed E-state index contributed by atoms with van der Waals surface area (Å²) in [6.07, 6.45) is 4.39. The van der Waals surface area contributed by atoms with E-state index in [2.05, 4.69) is 25.4 Å². The first-order chi connectivity index (χ1) is 18.0. The molecule has 0 unspecified atom stereocenters. The number of carbonyl (C=O) groups is 1. The molecule has 0 spiro atoms. The second-order valence-electron chi connectivity index (χ2n) is 9.25. The van der Waals surface area contributed by atoms with Gasteiger partial charge in [-0.2, -0.15) is 19.5 Å². The number of nitrogen functional groups attached to an aromatic ring is 1. The number of piperazine rings is 1. The van der Waals surface area contributed by atoms with Crippen LogP contribution in [0.4, 0.5) is 26.4 Å². The Balaban J connectivity index is 1.19. The Morgan fingerprint density at radius 3 is 2.59 bits per heavy atom. The smallest absolute Gasteiger partial charge is 0.259 e. The monoisotopic (exact) mass is 509 g/mol. The Morgan fingerprint density at radius 2 is 1.92 bits per heavy atom. The van der Waals surface area contributed by atoms with Crippen LogP contribution in [0, 0.1) is 17.6 Å². The highest BCUT2D eigenvalue weighted by Gasteiger charge is 2.37. The minimum atomic E-state index is -0.617. The molecule has 3 N–H and O–H groups in total. The Bertz CT molecular complexity index is 1430. The van der Waals surface area contributed by atoms with Gasteiger partial charge in [0, 0.05) is 32.2 Å². The minimum Gasteiger partial charge on any atom is -0.461 e. The van der Waals surface area contributed by atoms with Crippen LogP contribution in [0.2, 0.25) is 0 Å². The van der Waals surface area contributed by atoms with E-state index in [1.54, 1.807) is 17.0 Å². The molecule has 1 aromatic carbocycles. The zero-order valence-corrected chi connectivity index (χ0v) is 19.8. The Labute approximate surface area is 210 Å². The number of benzene rings is 1. The van der Waals surface area contributed by atoms with E-state index in [9.17, 15) is 13.6 Å². The van der Waals surface area contributed by atoms with Crippen molar-refractivity contribution >= 4 is 29.3 Å². The Hall–Kier alpha value is -4.29. The molecule has 13 heteroatoms. The summed E-state index contributed by atoms with van der Waals surface area (Å²) >= 11 is 0. The Morgan fingerprint density at radius 1 is 1.11 bits per heavy atom. The van der Waals surface area contributed by atoms with Crippen molar-refractivity contribution in [3.8, 4) is 11.6 Å². The lowest BCUT2D eigenvalue weighted by Gasteiger charge is -2.40. The van der Waals surface area contributed by atoms with Gasteiger partial charge in [-0.3, -0.25) is 4.79 Å². The van der Waals surface area contributed by atoms with Gasteiger partial charge in [0.25, 0.3) is 5.78 Å². The molecule has 1 saturated carbocycles. The van der Waals surface area contributed by atoms with E-state index in [1.807, 2.05) is 4.90 Å². The average Bonchev–Trinajstić information content (AvgIpc) is 3.53. The van der Waals surface area contributed by atoms with Crippen LogP contribution >= 0.6 is 0 Å². The molecule has 3 aromatic heterocycles. The summed E-state index contributed by atoms with van der Waals surface area (Å²) in [7, 11) is 0. The van der Waals surface area contributed by atoms with Crippen LogP contribution in [0.15, 0.2) is 41.0 Å². The molecule has 0 bridgehead atoms. The van der Waals surface area contributed by atoms with Gasteiger partial charge in [0.2, 0.25) is 23.6 Å². The first-order valence-electron chi connectivity index (χ1n) is 12.2. The van der Waals surface area contributed by atoms with Crippen LogP contribution < -0.4 is 16.0 Å². The van der Waals surface area contributed by atoms with Crippen LogP contribution in [0.5, 0.6) is 0 Å². The molecule has 11 nitrogen and oxygen atoms in total. The van der Waals surface area contributed by atoms with Crippen molar-refractivity contribution in [1.29, 1.82) is 0 Å². The molecule has 4 heterocycles. The molecular weight excluding hydrogens is 484 g/mol. The molecule has 2 aliphatic rings. The highest BCUT2D eigenvalue weighted by Crippen LogP contribution is 2.32. The van der Waals surface area contributed by atoms with E-state index in [-0.39, 0.29) is 29.5 Å². The van der Waals surface area contributed by atoms with Gasteiger partial charge in [-0.1, -0.05) is 6.42 Å². The number of amides is 1. The number of carbonyl (C=O) groups excluding carboxylic acids is 1. The predicted molar refractivity (Wildman–Crippen MR) is 131 cm³/mol. The summed E-state index contributed by atoms with van der Waals surface area (Å²) in [5, 5.41) is 7.50.